The maximum absolute atomic E-state index is 5.17. The predicted molar refractivity (Wildman–Crippen MR) is 39.6 cm³/mol. The molecule has 0 aliphatic carbocycles. The van der Waals surface area contributed by atoms with Crippen LogP contribution in [0.4, 0.5) is 0 Å². The van der Waals surface area contributed by atoms with Crippen molar-refractivity contribution < 1.29 is 4.74 Å². The molecule has 2 nitrogen and oxygen atoms in total. The molecule has 0 rings (SSSR count). The van der Waals surface area contributed by atoms with Gasteiger partial charge in [0.2, 0.25) is 0 Å². The van der Waals surface area contributed by atoms with E-state index in [-0.39, 0.29) is 0 Å². The third-order valence-electron chi connectivity index (χ3n) is 0.845. The van der Waals surface area contributed by atoms with Crippen LogP contribution in [-0.4, -0.2) is 26.8 Å². The Morgan fingerprint density at radius 2 is 2.33 bits per heavy atom. The number of nitrogens with one attached hydrogen (secondary N) is 1. The van der Waals surface area contributed by atoms with Gasteiger partial charge >= 0.3 is 0 Å². The number of likely N-dealkylation sites (N-methyl/N-ethyl adjacent to an activating group) is 1. The number of hydrogen-bond acceptors (Lipinski definition) is 2. The van der Waals surface area contributed by atoms with E-state index in [1.54, 1.807) is 0 Å². The fourth-order valence-corrected chi connectivity index (χ4v) is 0.421. The van der Waals surface area contributed by atoms with E-state index in [1.807, 2.05) is 14.0 Å². The van der Waals surface area contributed by atoms with Gasteiger partial charge in [0, 0.05) is 6.54 Å². The van der Waals surface area contributed by atoms with Crippen LogP contribution < -0.4 is 5.32 Å². The summed E-state index contributed by atoms with van der Waals surface area (Å²) < 4.78 is 5.17. The van der Waals surface area contributed by atoms with Crippen LogP contribution in [0, 0.1) is 0 Å². The maximum Gasteiger partial charge on any atom is 0.0672 e. The van der Waals surface area contributed by atoms with Crippen LogP contribution in [0.3, 0.4) is 0 Å². The first-order valence-electron chi connectivity index (χ1n) is 3.14. The minimum absolute atomic E-state index is 0.682. The van der Waals surface area contributed by atoms with E-state index < -0.39 is 0 Å². The first-order valence-corrected chi connectivity index (χ1v) is 3.14. The summed E-state index contributed by atoms with van der Waals surface area (Å²) in [6.45, 7) is 8.02. The van der Waals surface area contributed by atoms with Gasteiger partial charge in [-0.15, -0.1) is 0 Å². The normalized spacial score (nSPS) is 9.56. The Balaban J connectivity index is 2.83. The van der Waals surface area contributed by atoms with Crippen LogP contribution in [-0.2, 0) is 4.74 Å². The smallest absolute Gasteiger partial charge is 0.0672 e. The van der Waals surface area contributed by atoms with Gasteiger partial charge in [-0.3, -0.25) is 0 Å². The molecule has 2 heteroatoms. The van der Waals surface area contributed by atoms with Gasteiger partial charge in [0.05, 0.1) is 13.2 Å². The Morgan fingerprint density at radius 3 is 2.78 bits per heavy atom. The predicted octanol–water partition coefficient (Wildman–Crippen LogP) is 0.798. The Morgan fingerprint density at radius 1 is 1.67 bits per heavy atom. The second-order valence-electron chi connectivity index (χ2n) is 2.11. The molecule has 0 atom stereocenters. The van der Waals surface area contributed by atoms with Crippen molar-refractivity contribution in [1.29, 1.82) is 0 Å². The van der Waals surface area contributed by atoms with E-state index >= 15 is 0 Å². The molecule has 54 valence electrons. The molecule has 9 heavy (non-hydrogen) atoms. The molecule has 1 N–H and O–H groups in total. The van der Waals surface area contributed by atoms with Gasteiger partial charge in [-0.1, -0.05) is 12.2 Å². The Bertz CT molecular complexity index is 81.0. The first-order chi connectivity index (χ1) is 4.27. The molecule has 0 aromatic heterocycles. The highest BCUT2D eigenvalue weighted by Crippen LogP contribution is 1.85. The van der Waals surface area contributed by atoms with Crippen molar-refractivity contribution in [2.45, 2.75) is 6.92 Å². The van der Waals surface area contributed by atoms with Gasteiger partial charge < -0.3 is 10.1 Å². The topological polar surface area (TPSA) is 21.3 Å². The van der Waals surface area contributed by atoms with Crippen molar-refractivity contribution in [3.05, 3.63) is 12.2 Å². The Labute approximate surface area is 56.9 Å². The molecule has 0 aliphatic rings. The van der Waals surface area contributed by atoms with Gasteiger partial charge in [0.25, 0.3) is 0 Å². The molecule has 0 saturated heterocycles. The lowest BCUT2D eigenvalue weighted by atomic mass is 10.4. The average molecular weight is 129 g/mol. The van der Waals surface area contributed by atoms with Gasteiger partial charge in [0.15, 0.2) is 0 Å². The third kappa shape index (κ3) is 7.66. The molecule has 0 bridgehead atoms. The molecule has 0 saturated carbocycles. The second kappa shape index (κ2) is 5.79. The third-order valence-corrected chi connectivity index (χ3v) is 0.845. The quantitative estimate of drug-likeness (QED) is 0.438. The van der Waals surface area contributed by atoms with Crippen LogP contribution in [0.15, 0.2) is 12.2 Å². The van der Waals surface area contributed by atoms with Crippen LogP contribution >= 0.6 is 0 Å². The minimum atomic E-state index is 0.682. The zero-order valence-corrected chi connectivity index (χ0v) is 6.24. The van der Waals surface area contributed by atoms with Crippen LogP contribution in [0.25, 0.3) is 0 Å². The van der Waals surface area contributed by atoms with Gasteiger partial charge in [0.1, 0.15) is 0 Å². The monoisotopic (exact) mass is 129 g/mol. The zero-order valence-electron chi connectivity index (χ0n) is 6.24. The first kappa shape index (κ1) is 8.66. The van der Waals surface area contributed by atoms with E-state index in [0.717, 1.165) is 18.7 Å². The molecule has 0 heterocycles. The van der Waals surface area contributed by atoms with Crippen molar-refractivity contribution in [3.8, 4) is 0 Å². The molecule has 0 aromatic carbocycles. The summed E-state index contributed by atoms with van der Waals surface area (Å²) in [4.78, 5) is 0. The van der Waals surface area contributed by atoms with Gasteiger partial charge in [-0.2, -0.15) is 0 Å². The molecule has 0 aliphatic heterocycles. The lowest BCUT2D eigenvalue weighted by Gasteiger charge is -2.01. The summed E-state index contributed by atoms with van der Waals surface area (Å²) in [5.74, 6) is 0. The van der Waals surface area contributed by atoms with Crippen molar-refractivity contribution in [2.24, 2.45) is 0 Å². The second-order valence-corrected chi connectivity index (χ2v) is 2.11. The zero-order chi connectivity index (χ0) is 7.11. The van der Waals surface area contributed by atoms with Crippen LogP contribution in [0.5, 0.6) is 0 Å². The van der Waals surface area contributed by atoms with E-state index in [0.29, 0.717) is 6.61 Å². The Hall–Kier alpha value is -0.340. The molecule has 0 aromatic rings. The van der Waals surface area contributed by atoms with Crippen molar-refractivity contribution in [3.63, 3.8) is 0 Å². The van der Waals surface area contributed by atoms with E-state index in [4.69, 9.17) is 4.74 Å². The lowest BCUT2D eigenvalue weighted by Crippen LogP contribution is -2.14. The van der Waals surface area contributed by atoms with E-state index in [9.17, 15) is 0 Å². The number of ether oxygens (including phenoxy) is 1. The highest BCUT2D eigenvalue weighted by Gasteiger charge is 1.84. The van der Waals surface area contributed by atoms with Crippen molar-refractivity contribution in [2.75, 3.05) is 26.8 Å². The lowest BCUT2D eigenvalue weighted by molar-refractivity contribution is 0.159. The summed E-state index contributed by atoms with van der Waals surface area (Å²) in [7, 11) is 1.91. The molecule has 0 fully saturated rings. The highest BCUT2D eigenvalue weighted by atomic mass is 16.5. The molecule has 0 spiro atoms. The van der Waals surface area contributed by atoms with Crippen LogP contribution in [0.1, 0.15) is 6.92 Å². The summed E-state index contributed by atoms with van der Waals surface area (Å²) >= 11 is 0. The van der Waals surface area contributed by atoms with Crippen LogP contribution in [0.2, 0.25) is 0 Å². The van der Waals surface area contributed by atoms with Crippen molar-refractivity contribution in [1.82, 2.24) is 5.32 Å². The fourth-order valence-electron chi connectivity index (χ4n) is 0.421. The average Bonchev–Trinajstić information content (AvgIpc) is 1.80. The summed E-state index contributed by atoms with van der Waals surface area (Å²) in [5.41, 5.74) is 1.08. The Kier molecular flexibility index (Phi) is 5.57. The van der Waals surface area contributed by atoms with E-state index in [1.165, 1.54) is 0 Å². The minimum Gasteiger partial charge on any atom is -0.376 e. The standard InChI is InChI=1S/C7H15NO/c1-7(2)6-9-5-4-8-3/h8H,1,4-6H2,2-3H3. The summed E-state index contributed by atoms with van der Waals surface area (Å²) in [6, 6.07) is 0. The van der Waals surface area contributed by atoms with Gasteiger partial charge in [-0.05, 0) is 14.0 Å². The molecule has 0 unspecified atom stereocenters. The fraction of sp³-hybridized carbons (Fsp3) is 0.714. The molecular formula is C7H15NO. The number of rotatable bonds is 5. The molecule has 0 radical (unpaired) electrons. The van der Waals surface area contributed by atoms with E-state index in [2.05, 4.69) is 11.9 Å². The maximum atomic E-state index is 5.17. The SMILES string of the molecule is C=C(C)COCCNC. The summed E-state index contributed by atoms with van der Waals surface area (Å²) in [6.07, 6.45) is 0. The number of hydrogen-bond donors (Lipinski definition) is 1. The van der Waals surface area contributed by atoms with Gasteiger partial charge in [-0.25, -0.2) is 0 Å². The summed E-state index contributed by atoms with van der Waals surface area (Å²) in [5, 5.41) is 2.99. The largest absolute Gasteiger partial charge is 0.376 e. The highest BCUT2D eigenvalue weighted by molar-refractivity contribution is 4.87. The van der Waals surface area contributed by atoms with Crippen molar-refractivity contribution >= 4 is 0 Å². The molecule has 0 amide bonds. The molecular weight excluding hydrogens is 114 g/mol.